The largest absolute Gasteiger partial charge is 0.298 e. The molecule has 0 fully saturated rings. The summed E-state index contributed by atoms with van der Waals surface area (Å²) in [6.07, 6.45) is 3.33. The fourth-order valence-electron chi connectivity index (χ4n) is 1.70. The van der Waals surface area contributed by atoms with Crippen molar-refractivity contribution in [1.82, 2.24) is 14.4 Å². The van der Waals surface area contributed by atoms with Crippen molar-refractivity contribution in [1.29, 1.82) is 0 Å². The molecule has 0 aliphatic rings. The molecule has 0 bridgehead atoms. The third-order valence-electron chi connectivity index (χ3n) is 2.45. The Kier molecular flexibility index (Phi) is 2.40. The fraction of sp³-hybridized carbons (Fsp3) is 0. The van der Waals surface area contributed by atoms with Crippen LogP contribution in [0.25, 0.3) is 17.0 Å². The van der Waals surface area contributed by atoms with E-state index in [0.717, 1.165) is 16.0 Å². The van der Waals surface area contributed by atoms with E-state index in [9.17, 15) is 4.39 Å². The zero-order valence-corrected chi connectivity index (χ0v) is 10.2. The number of hydrogen-bond acceptors (Lipinski definition) is 2. The van der Waals surface area contributed by atoms with Crippen LogP contribution >= 0.6 is 15.9 Å². The lowest BCUT2D eigenvalue weighted by atomic mass is 10.3. The van der Waals surface area contributed by atoms with E-state index in [4.69, 9.17) is 0 Å². The maximum Gasteiger partial charge on any atom is 0.140 e. The summed E-state index contributed by atoms with van der Waals surface area (Å²) in [4.78, 5) is 8.50. The summed E-state index contributed by atoms with van der Waals surface area (Å²) in [7, 11) is 0. The van der Waals surface area contributed by atoms with E-state index < -0.39 is 0 Å². The van der Waals surface area contributed by atoms with Crippen LogP contribution in [0.5, 0.6) is 0 Å². The molecule has 0 unspecified atom stereocenters. The number of pyridine rings is 2. The first-order valence-electron chi connectivity index (χ1n) is 4.99. The second-order valence-corrected chi connectivity index (χ2v) is 4.37. The average molecular weight is 292 g/mol. The second kappa shape index (κ2) is 3.92. The molecule has 17 heavy (non-hydrogen) atoms. The van der Waals surface area contributed by atoms with Gasteiger partial charge in [-0.2, -0.15) is 0 Å². The molecule has 5 heteroatoms. The van der Waals surface area contributed by atoms with E-state index in [1.165, 1.54) is 12.1 Å². The number of fused-ring (bicyclic) bond motifs is 1. The maximum atomic E-state index is 13.0. The molecule has 0 aliphatic heterocycles. The van der Waals surface area contributed by atoms with Gasteiger partial charge in [0.15, 0.2) is 0 Å². The molecule has 0 amide bonds. The van der Waals surface area contributed by atoms with Crippen LogP contribution in [-0.4, -0.2) is 14.4 Å². The Morgan fingerprint density at radius 3 is 2.94 bits per heavy atom. The van der Waals surface area contributed by atoms with Gasteiger partial charge in [0, 0.05) is 12.3 Å². The maximum absolute atomic E-state index is 13.0. The van der Waals surface area contributed by atoms with E-state index >= 15 is 0 Å². The lowest BCUT2D eigenvalue weighted by Gasteiger charge is -2.01. The minimum atomic E-state index is -0.295. The highest BCUT2D eigenvalue weighted by Gasteiger charge is 2.07. The number of halogens is 2. The van der Waals surface area contributed by atoms with Crippen LogP contribution < -0.4 is 0 Å². The highest BCUT2D eigenvalue weighted by atomic mass is 79.9. The van der Waals surface area contributed by atoms with Crippen LogP contribution in [0.1, 0.15) is 0 Å². The third kappa shape index (κ3) is 1.82. The standard InChI is InChI=1S/C12H7BrFN3/c13-11-3-1-2-9(16-11)10-7-15-12-6-8(14)4-5-17(10)12/h1-7H. The third-order valence-corrected chi connectivity index (χ3v) is 2.89. The van der Waals surface area contributed by atoms with Crippen LogP contribution in [0.15, 0.2) is 47.3 Å². The first-order chi connectivity index (χ1) is 8.24. The van der Waals surface area contributed by atoms with E-state index in [-0.39, 0.29) is 5.82 Å². The Balaban J connectivity index is 2.24. The monoisotopic (exact) mass is 291 g/mol. The number of aromatic nitrogens is 3. The van der Waals surface area contributed by atoms with Gasteiger partial charge in [-0.1, -0.05) is 6.07 Å². The normalized spacial score (nSPS) is 10.9. The topological polar surface area (TPSA) is 30.2 Å². The van der Waals surface area contributed by atoms with Gasteiger partial charge in [-0.05, 0) is 34.1 Å². The molecule has 0 aliphatic carbocycles. The highest BCUT2D eigenvalue weighted by molar-refractivity contribution is 9.10. The summed E-state index contributed by atoms with van der Waals surface area (Å²) < 4.78 is 15.6. The molecule has 0 saturated heterocycles. The van der Waals surface area contributed by atoms with Crippen LogP contribution in [0.3, 0.4) is 0 Å². The molecule has 0 radical (unpaired) electrons. The Morgan fingerprint density at radius 1 is 1.24 bits per heavy atom. The van der Waals surface area contributed by atoms with E-state index in [2.05, 4.69) is 25.9 Å². The summed E-state index contributed by atoms with van der Waals surface area (Å²) >= 11 is 3.32. The van der Waals surface area contributed by atoms with Crippen molar-refractivity contribution in [3.05, 3.63) is 53.1 Å². The summed E-state index contributed by atoms with van der Waals surface area (Å²) in [5.41, 5.74) is 2.20. The first kappa shape index (κ1) is 10.4. The SMILES string of the molecule is Fc1ccn2c(-c3cccc(Br)n3)cnc2c1. The number of hydrogen-bond donors (Lipinski definition) is 0. The van der Waals surface area contributed by atoms with Gasteiger partial charge in [0.25, 0.3) is 0 Å². The molecule has 3 heterocycles. The molecule has 3 nitrogen and oxygen atoms in total. The first-order valence-corrected chi connectivity index (χ1v) is 5.79. The predicted octanol–water partition coefficient (Wildman–Crippen LogP) is 3.30. The van der Waals surface area contributed by atoms with Gasteiger partial charge in [-0.15, -0.1) is 0 Å². The van der Waals surface area contributed by atoms with Crippen molar-refractivity contribution in [2.24, 2.45) is 0 Å². The second-order valence-electron chi connectivity index (χ2n) is 3.56. The van der Waals surface area contributed by atoms with Crippen molar-refractivity contribution in [2.45, 2.75) is 0 Å². The summed E-state index contributed by atoms with van der Waals surface area (Å²) in [6.45, 7) is 0. The summed E-state index contributed by atoms with van der Waals surface area (Å²) in [6, 6.07) is 8.43. The average Bonchev–Trinajstić information content (AvgIpc) is 2.71. The molecule has 3 aromatic rings. The molecule has 3 aromatic heterocycles. The van der Waals surface area contributed by atoms with Gasteiger partial charge in [-0.3, -0.25) is 4.40 Å². The highest BCUT2D eigenvalue weighted by Crippen LogP contribution is 2.20. The van der Waals surface area contributed by atoms with E-state index in [0.29, 0.717) is 5.65 Å². The van der Waals surface area contributed by atoms with Gasteiger partial charge < -0.3 is 0 Å². The van der Waals surface area contributed by atoms with Crippen LogP contribution in [0.2, 0.25) is 0 Å². The molecule has 0 saturated carbocycles. The Morgan fingerprint density at radius 2 is 2.12 bits per heavy atom. The lowest BCUT2D eigenvalue weighted by Crippen LogP contribution is -1.91. The van der Waals surface area contributed by atoms with Crippen molar-refractivity contribution >= 4 is 21.6 Å². The van der Waals surface area contributed by atoms with E-state index in [1.807, 2.05) is 18.2 Å². The minimum absolute atomic E-state index is 0.295. The molecular formula is C12H7BrFN3. The quantitative estimate of drug-likeness (QED) is 0.644. The molecule has 0 N–H and O–H groups in total. The Labute approximate surface area is 105 Å². The van der Waals surface area contributed by atoms with Gasteiger partial charge in [0.1, 0.15) is 16.1 Å². The van der Waals surface area contributed by atoms with Gasteiger partial charge in [0.2, 0.25) is 0 Å². The summed E-state index contributed by atoms with van der Waals surface area (Å²) in [5.74, 6) is -0.295. The lowest BCUT2D eigenvalue weighted by molar-refractivity contribution is 0.626. The fourth-order valence-corrected chi connectivity index (χ4v) is 2.04. The van der Waals surface area contributed by atoms with Crippen molar-refractivity contribution in [2.75, 3.05) is 0 Å². The minimum Gasteiger partial charge on any atom is -0.298 e. The van der Waals surface area contributed by atoms with Crippen LogP contribution in [-0.2, 0) is 0 Å². The van der Waals surface area contributed by atoms with Gasteiger partial charge in [0.05, 0.1) is 17.6 Å². The van der Waals surface area contributed by atoms with Crippen molar-refractivity contribution in [3.63, 3.8) is 0 Å². The van der Waals surface area contributed by atoms with Crippen molar-refractivity contribution < 1.29 is 4.39 Å². The Hall–Kier alpha value is -1.75. The number of rotatable bonds is 1. The van der Waals surface area contributed by atoms with E-state index in [1.54, 1.807) is 16.8 Å². The number of imidazole rings is 1. The predicted molar refractivity (Wildman–Crippen MR) is 66.1 cm³/mol. The molecule has 0 aromatic carbocycles. The number of nitrogens with zero attached hydrogens (tertiary/aromatic N) is 3. The molecule has 0 spiro atoms. The van der Waals surface area contributed by atoms with Crippen LogP contribution in [0.4, 0.5) is 4.39 Å². The van der Waals surface area contributed by atoms with Gasteiger partial charge in [-0.25, -0.2) is 14.4 Å². The molecule has 0 atom stereocenters. The van der Waals surface area contributed by atoms with Crippen molar-refractivity contribution in [3.8, 4) is 11.4 Å². The molecular weight excluding hydrogens is 285 g/mol. The van der Waals surface area contributed by atoms with Crippen LogP contribution in [0, 0.1) is 5.82 Å². The Bertz CT molecular complexity index is 693. The van der Waals surface area contributed by atoms with Gasteiger partial charge >= 0.3 is 0 Å². The smallest absolute Gasteiger partial charge is 0.140 e. The summed E-state index contributed by atoms with van der Waals surface area (Å²) in [5, 5.41) is 0. The zero-order chi connectivity index (χ0) is 11.8. The molecule has 3 rings (SSSR count). The molecule has 84 valence electrons. The zero-order valence-electron chi connectivity index (χ0n) is 8.64.